The number of benzene rings is 1. The molecule has 1 amide bonds. The first-order chi connectivity index (χ1) is 10.6. The number of aromatic nitrogens is 1. The van der Waals surface area contributed by atoms with Crippen LogP contribution >= 0.6 is 11.6 Å². The molecule has 0 unspecified atom stereocenters. The van der Waals surface area contributed by atoms with Crippen LogP contribution in [0.4, 0.5) is 5.82 Å². The van der Waals surface area contributed by atoms with Gasteiger partial charge in [-0.15, -0.1) is 0 Å². The fourth-order valence-corrected chi connectivity index (χ4v) is 1.92. The lowest BCUT2D eigenvalue weighted by molar-refractivity contribution is 0.1000. The SMILES string of the molecule is NC(=O)c1cnc(NC[C@H](O)COc2ccccc2)c(Cl)c1. The van der Waals surface area contributed by atoms with Crippen molar-refractivity contribution in [2.45, 2.75) is 6.10 Å². The molecule has 0 saturated carbocycles. The Balaban J connectivity index is 1.83. The van der Waals surface area contributed by atoms with Crippen molar-refractivity contribution in [3.63, 3.8) is 0 Å². The van der Waals surface area contributed by atoms with Crippen LogP contribution in [0.25, 0.3) is 0 Å². The number of anilines is 1. The van der Waals surface area contributed by atoms with Gasteiger partial charge < -0.3 is 20.9 Å². The Morgan fingerprint density at radius 3 is 2.77 bits per heavy atom. The van der Waals surface area contributed by atoms with Crippen molar-refractivity contribution >= 4 is 23.3 Å². The molecule has 0 fully saturated rings. The van der Waals surface area contributed by atoms with Crippen molar-refractivity contribution in [2.24, 2.45) is 5.73 Å². The molecule has 22 heavy (non-hydrogen) atoms. The van der Waals surface area contributed by atoms with Gasteiger partial charge in [0.25, 0.3) is 0 Å². The van der Waals surface area contributed by atoms with Gasteiger partial charge in [-0.25, -0.2) is 4.98 Å². The molecule has 0 aliphatic heterocycles. The predicted molar refractivity (Wildman–Crippen MR) is 84.2 cm³/mol. The van der Waals surface area contributed by atoms with E-state index in [1.807, 2.05) is 18.2 Å². The van der Waals surface area contributed by atoms with Crippen molar-refractivity contribution in [1.82, 2.24) is 4.98 Å². The molecular weight excluding hydrogens is 306 g/mol. The molecule has 1 aromatic heterocycles. The highest BCUT2D eigenvalue weighted by Crippen LogP contribution is 2.19. The van der Waals surface area contributed by atoms with Gasteiger partial charge in [0, 0.05) is 12.7 Å². The smallest absolute Gasteiger partial charge is 0.250 e. The maximum absolute atomic E-state index is 11.0. The van der Waals surface area contributed by atoms with Crippen LogP contribution in [0.1, 0.15) is 10.4 Å². The van der Waals surface area contributed by atoms with Crippen molar-refractivity contribution < 1.29 is 14.6 Å². The Bertz CT molecular complexity index is 637. The highest BCUT2D eigenvalue weighted by Gasteiger charge is 2.10. The topological polar surface area (TPSA) is 97.5 Å². The summed E-state index contributed by atoms with van der Waals surface area (Å²) in [6.07, 6.45) is 0.581. The van der Waals surface area contributed by atoms with E-state index < -0.39 is 12.0 Å². The van der Waals surface area contributed by atoms with E-state index in [2.05, 4.69) is 10.3 Å². The summed E-state index contributed by atoms with van der Waals surface area (Å²) < 4.78 is 5.43. The lowest BCUT2D eigenvalue weighted by atomic mass is 10.2. The van der Waals surface area contributed by atoms with E-state index in [1.165, 1.54) is 12.3 Å². The number of nitrogens with two attached hydrogens (primary N) is 1. The van der Waals surface area contributed by atoms with Gasteiger partial charge in [-0.05, 0) is 18.2 Å². The summed E-state index contributed by atoms with van der Waals surface area (Å²) in [5.74, 6) is 0.450. The normalized spacial score (nSPS) is 11.7. The zero-order valence-corrected chi connectivity index (χ0v) is 12.5. The predicted octanol–water partition coefficient (Wildman–Crippen LogP) is 1.69. The van der Waals surface area contributed by atoms with E-state index in [1.54, 1.807) is 12.1 Å². The van der Waals surface area contributed by atoms with Crippen LogP contribution in [0.5, 0.6) is 5.75 Å². The molecule has 0 aliphatic rings. The molecule has 6 nitrogen and oxygen atoms in total. The number of primary amides is 1. The Labute approximate surface area is 132 Å². The molecule has 2 rings (SSSR count). The molecule has 116 valence electrons. The van der Waals surface area contributed by atoms with Gasteiger partial charge in [0.2, 0.25) is 5.91 Å². The van der Waals surface area contributed by atoms with Crippen LogP contribution in [0, 0.1) is 0 Å². The summed E-state index contributed by atoms with van der Waals surface area (Å²) in [7, 11) is 0. The highest BCUT2D eigenvalue weighted by molar-refractivity contribution is 6.33. The number of nitrogens with zero attached hydrogens (tertiary/aromatic N) is 1. The van der Waals surface area contributed by atoms with Crippen LogP contribution in [-0.4, -0.2) is 35.3 Å². The minimum atomic E-state index is -0.742. The Hall–Kier alpha value is -2.31. The van der Waals surface area contributed by atoms with Crippen LogP contribution < -0.4 is 15.8 Å². The average Bonchev–Trinajstić information content (AvgIpc) is 2.52. The monoisotopic (exact) mass is 321 g/mol. The zero-order valence-electron chi connectivity index (χ0n) is 11.7. The Kier molecular flexibility index (Phi) is 5.57. The van der Waals surface area contributed by atoms with Crippen molar-refractivity contribution in [1.29, 1.82) is 0 Å². The molecule has 0 bridgehead atoms. The summed E-state index contributed by atoms with van der Waals surface area (Å²) in [6, 6.07) is 10.6. The lowest BCUT2D eigenvalue weighted by Crippen LogP contribution is -2.26. The first-order valence-electron chi connectivity index (χ1n) is 6.61. The molecular formula is C15H16ClN3O3. The number of hydrogen-bond acceptors (Lipinski definition) is 5. The van der Waals surface area contributed by atoms with Gasteiger partial charge in [0.1, 0.15) is 24.3 Å². The van der Waals surface area contributed by atoms with Gasteiger partial charge in [-0.1, -0.05) is 29.8 Å². The highest BCUT2D eigenvalue weighted by atomic mass is 35.5. The van der Waals surface area contributed by atoms with Gasteiger partial charge in [-0.3, -0.25) is 4.79 Å². The summed E-state index contributed by atoms with van der Waals surface area (Å²) in [5, 5.41) is 13.0. The number of carbonyl (C=O) groups excluding carboxylic acids is 1. The van der Waals surface area contributed by atoms with Crippen molar-refractivity contribution in [2.75, 3.05) is 18.5 Å². The van der Waals surface area contributed by atoms with E-state index in [0.717, 1.165) is 0 Å². The van der Waals surface area contributed by atoms with Gasteiger partial charge in [-0.2, -0.15) is 0 Å². The van der Waals surface area contributed by atoms with E-state index in [-0.39, 0.29) is 23.7 Å². The third-order valence-corrected chi connectivity index (χ3v) is 3.10. The molecule has 1 atom stereocenters. The first kappa shape index (κ1) is 16.1. The third-order valence-electron chi connectivity index (χ3n) is 2.82. The molecule has 0 spiro atoms. The standard InChI is InChI=1S/C15H16ClN3O3/c16-13-6-10(14(17)21)7-18-15(13)19-8-11(20)9-22-12-4-2-1-3-5-12/h1-7,11,20H,8-9H2,(H2,17,21)(H,18,19)/t11-/m0/s1. The number of nitrogens with one attached hydrogen (secondary N) is 1. The Morgan fingerprint density at radius 2 is 2.14 bits per heavy atom. The summed E-state index contributed by atoms with van der Waals surface area (Å²) in [4.78, 5) is 15.0. The average molecular weight is 322 g/mol. The minimum absolute atomic E-state index is 0.133. The van der Waals surface area contributed by atoms with E-state index in [9.17, 15) is 9.90 Å². The number of para-hydroxylation sites is 1. The maximum atomic E-state index is 11.0. The first-order valence-corrected chi connectivity index (χ1v) is 6.99. The molecule has 0 aliphatic carbocycles. The number of carbonyl (C=O) groups is 1. The zero-order chi connectivity index (χ0) is 15.9. The number of aliphatic hydroxyl groups excluding tert-OH is 1. The number of aliphatic hydroxyl groups is 1. The van der Waals surface area contributed by atoms with Crippen molar-refractivity contribution in [3.05, 3.63) is 53.2 Å². The minimum Gasteiger partial charge on any atom is -0.491 e. The maximum Gasteiger partial charge on any atom is 0.250 e. The van der Waals surface area contributed by atoms with Gasteiger partial charge >= 0.3 is 0 Å². The Morgan fingerprint density at radius 1 is 1.41 bits per heavy atom. The largest absolute Gasteiger partial charge is 0.491 e. The lowest BCUT2D eigenvalue weighted by Gasteiger charge is -2.14. The molecule has 0 saturated heterocycles. The number of amides is 1. The van der Waals surface area contributed by atoms with E-state index in [4.69, 9.17) is 22.1 Å². The van der Waals surface area contributed by atoms with E-state index >= 15 is 0 Å². The quantitative estimate of drug-likeness (QED) is 0.721. The molecule has 2 aromatic rings. The number of rotatable bonds is 7. The fraction of sp³-hybridized carbons (Fsp3) is 0.200. The van der Waals surface area contributed by atoms with Crippen LogP contribution in [0.2, 0.25) is 5.02 Å². The van der Waals surface area contributed by atoms with Gasteiger partial charge in [0.15, 0.2) is 0 Å². The van der Waals surface area contributed by atoms with Crippen LogP contribution in [-0.2, 0) is 0 Å². The van der Waals surface area contributed by atoms with Crippen LogP contribution in [0.15, 0.2) is 42.6 Å². The van der Waals surface area contributed by atoms with Gasteiger partial charge in [0.05, 0.1) is 10.6 Å². The summed E-state index contributed by atoms with van der Waals surface area (Å²) in [6.45, 7) is 0.337. The second-order valence-corrected chi connectivity index (χ2v) is 4.98. The third kappa shape index (κ3) is 4.61. The molecule has 4 N–H and O–H groups in total. The number of hydrogen-bond donors (Lipinski definition) is 3. The molecule has 1 aromatic carbocycles. The number of halogens is 1. The fourth-order valence-electron chi connectivity index (χ4n) is 1.69. The summed E-state index contributed by atoms with van der Waals surface area (Å²) in [5.41, 5.74) is 5.36. The van der Waals surface area contributed by atoms with Crippen LogP contribution in [0.3, 0.4) is 0 Å². The second-order valence-electron chi connectivity index (χ2n) is 4.58. The molecule has 0 radical (unpaired) electrons. The summed E-state index contributed by atoms with van der Waals surface area (Å²) >= 11 is 5.98. The van der Waals surface area contributed by atoms with E-state index in [0.29, 0.717) is 11.6 Å². The molecule has 7 heteroatoms. The number of ether oxygens (including phenoxy) is 1. The number of pyridine rings is 1. The molecule has 1 heterocycles. The second kappa shape index (κ2) is 7.63. The van der Waals surface area contributed by atoms with Crippen molar-refractivity contribution in [3.8, 4) is 5.75 Å².